The lowest BCUT2D eigenvalue weighted by atomic mass is 10.1. The van der Waals surface area contributed by atoms with Gasteiger partial charge in [0, 0.05) is 0 Å². The van der Waals surface area contributed by atoms with E-state index in [9.17, 15) is 4.79 Å². The van der Waals surface area contributed by atoms with Crippen LogP contribution >= 0.6 is 0 Å². The fourth-order valence-corrected chi connectivity index (χ4v) is 3.37. The number of ether oxygens (including phenoxy) is 2. The van der Waals surface area contributed by atoms with Gasteiger partial charge in [-0.1, -0.05) is 55.8 Å². The van der Waals surface area contributed by atoms with Gasteiger partial charge >= 0.3 is 5.97 Å². The highest BCUT2D eigenvalue weighted by Gasteiger charge is 2.61. The summed E-state index contributed by atoms with van der Waals surface area (Å²) in [4.78, 5) is 12.5. The van der Waals surface area contributed by atoms with Crippen molar-refractivity contribution in [3.8, 4) is 11.5 Å². The van der Waals surface area contributed by atoms with Gasteiger partial charge in [0.1, 0.15) is 18.1 Å². The molecule has 1 fully saturated rings. The Bertz CT molecular complexity index is 801. The molecule has 1 aliphatic rings. The highest BCUT2D eigenvalue weighted by Crippen LogP contribution is 2.59. The smallest absolute Gasteiger partial charge is 0.310 e. The van der Waals surface area contributed by atoms with Crippen LogP contribution in [0.25, 0.3) is 0 Å². The second-order valence-electron chi connectivity index (χ2n) is 7.74. The van der Waals surface area contributed by atoms with Crippen LogP contribution in [0.15, 0.2) is 66.2 Å². The van der Waals surface area contributed by atoms with E-state index in [2.05, 4.69) is 33.8 Å². The zero-order chi connectivity index (χ0) is 18.7. The zero-order valence-corrected chi connectivity index (χ0v) is 15.9. The van der Waals surface area contributed by atoms with E-state index in [0.29, 0.717) is 0 Å². The summed E-state index contributed by atoms with van der Waals surface area (Å²) in [5, 5.41) is 0. The molecule has 0 N–H and O–H groups in total. The highest BCUT2D eigenvalue weighted by atomic mass is 16.5. The normalized spacial score (nSPS) is 20.2. The number of esters is 1. The molecule has 0 radical (unpaired) electrons. The summed E-state index contributed by atoms with van der Waals surface area (Å²) >= 11 is 0. The first-order valence-corrected chi connectivity index (χ1v) is 9.01. The number of carbonyl (C=O) groups excluding carboxylic acids is 1. The number of hydrogen-bond donors (Lipinski definition) is 0. The van der Waals surface area contributed by atoms with Crippen LogP contribution in [0, 0.1) is 17.3 Å². The quantitative estimate of drug-likeness (QED) is 0.491. The molecule has 0 saturated heterocycles. The standard InChI is InChI=1S/C23H26O3/c1-16(2)13-20-21(23(20,3)4)22(24)25-15-17-9-8-12-19(14-17)26-18-10-6-5-7-11-18/h5-14,20-21H,15H2,1-4H3/t20-,21?/m0/s1. The number of benzene rings is 2. The number of rotatable bonds is 6. The summed E-state index contributed by atoms with van der Waals surface area (Å²) in [7, 11) is 0. The third kappa shape index (κ3) is 4.16. The van der Waals surface area contributed by atoms with Gasteiger partial charge in [-0.15, -0.1) is 0 Å². The van der Waals surface area contributed by atoms with Crippen LogP contribution in [0.3, 0.4) is 0 Å². The number of hydrogen-bond acceptors (Lipinski definition) is 3. The molecule has 0 spiro atoms. The number of carbonyl (C=O) groups is 1. The Labute approximate surface area is 155 Å². The Morgan fingerprint density at radius 2 is 1.73 bits per heavy atom. The molecule has 1 aliphatic carbocycles. The molecular weight excluding hydrogens is 324 g/mol. The van der Waals surface area contributed by atoms with E-state index in [-0.39, 0.29) is 29.8 Å². The predicted octanol–water partition coefficient (Wildman–Crippen LogP) is 5.76. The minimum Gasteiger partial charge on any atom is -0.461 e. The second kappa shape index (κ2) is 7.36. The molecule has 3 nitrogen and oxygen atoms in total. The molecule has 0 heterocycles. The molecule has 2 aromatic rings. The van der Waals surface area contributed by atoms with E-state index in [1.54, 1.807) is 0 Å². The van der Waals surface area contributed by atoms with Crippen LogP contribution in [0.2, 0.25) is 0 Å². The minimum absolute atomic E-state index is 0.0212. The van der Waals surface area contributed by atoms with E-state index in [4.69, 9.17) is 9.47 Å². The molecule has 0 aliphatic heterocycles. The molecule has 0 amide bonds. The van der Waals surface area contributed by atoms with Crippen molar-refractivity contribution >= 4 is 5.97 Å². The largest absolute Gasteiger partial charge is 0.461 e. The lowest BCUT2D eigenvalue weighted by Crippen LogP contribution is -2.10. The summed E-state index contributed by atoms with van der Waals surface area (Å²) in [5.41, 5.74) is 2.14. The minimum atomic E-state index is -0.119. The molecule has 1 saturated carbocycles. The van der Waals surface area contributed by atoms with Crippen molar-refractivity contribution in [2.24, 2.45) is 17.3 Å². The van der Waals surface area contributed by atoms with Crippen molar-refractivity contribution < 1.29 is 14.3 Å². The summed E-state index contributed by atoms with van der Waals surface area (Å²) in [6, 6.07) is 17.3. The number of para-hydroxylation sites is 1. The van der Waals surface area contributed by atoms with Crippen LogP contribution in [-0.4, -0.2) is 5.97 Å². The van der Waals surface area contributed by atoms with Crippen molar-refractivity contribution in [2.75, 3.05) is 0 Å². The Kier molecular flexibility index (Phi) is 5.17. The second-order valence-corrected chi connectivity index (χ2v) is 7.74. The Morgan fingerprint density at radius 1 is 1.04 bits per heavy atom. The van der Waals surface area contributed by atoms with Gasteiger partial charge in [-0.2, -0.15) is 0 Å². The Morgan fingerprint density at radius 3 is 2.42 bits per heavy atom. The molecule has 26 heavy (non-hydrogen) atoms. The molecule has 3 heteroatoms. The first-order chi connectivity index (χ1) is 12.4. The zero-order valence-electron chi connectivity index (χ0n) is 15.9. The average molecular weight is 350 g/mol. The molecule has 2 atom stereocenters. The first-order valence-electron chi connectivity index (χ1n) is 9.01. The maximum absolute atomic E-state index is 12.5. The predicted molar refractivity (Wildman–Crippen MR) is 103 cm³/mol. The van der Waals surface area contributed by atoms with Gasteiger partial charge in [0.2, 0.25) is 0 Å². The third-order valence-corrected chi connectivity index (χ3v) is 4.94. The van der Waals surface area contributed by atoms with Gasteiger partial charge in [-0.3, -0.25) is 4.79 Å². The molecule has 0 aromatic heterocycles. The van der Waals surface area contributed by atoms with E-state index in [0.717, 1.165) is 17.1 Å². The van der Waals surface area contributed by atoms with Crippen LogP contribution in [0.5, 0.6) is 11.5 Å². The van der Waals surface area contributed by atoms with Crippen LogP contribution in [0.1, 0.15) is 33.3 Å². The Hall–Kier alpha value is -2.55. The van der Waals surface area contributed by atoms with Gasteiger partial charge < -0.3 is 9.47 Å². The van der Waals surface area contributed by atoms with Gasteiger partial charge in [-0.05, 0) is 55.0 Å². The molecular formula is C23H26O3. The van der Waals surface area contributed by atoms with Crippen molar-refractivity contribution in [3.05, 3.63) is 71.8 Å². The summed E-state index contributed by atoms with van der Waals surface area (Å²) in [5.74, 6) is 1.62. The van der Waals surface area contributed by atoms with Crippen molar-refractivity contribution in [1.29, 1.82) is 0 Å². The van der Waals surface area contributed by atoms with E-state index < -0.39 is 0 Å². The van der Waals surface area contributed by atoms with Gasteiger partial charge in [0.25, 0.3) is 0 Å². The van der Waals surface area contributed by atoms with Crippen LogP contribution < -0.4 is 4.74 Å². The SMILES string of the molecule is CC(C)=C[C@H]1C(C(=O)OCc2cccc(Oc3ccccc3)c2)C1(C)C. The van der Waals surface area contributed by atoms with Gasteiger partial charge in [0.05, 0.1) is 5.92 Å². The first kappa shape index (κ1) is 18.2. The third-order valence-electron chi connectivity index (χ3n) is 4.94. The molecule has 0 bridgehead atoms. The Balaban J connectivity index is 1.59. The number of allylic oxidation sites excluding steroid dienone is 2. The van der Waals surface area contributed by atoms with Crippen LogP contribution in [0.4, 0.5) is 0 Å². The fraction of sp³-hybridized carbons (Fsp3) is 0.348. The molecule has 2 aromatic carbocycles. The van der Waals surface area contributed by atoms with Gasteiger partial charge in [0.15, 0.2) is 0 Å². The topological polar surface area (TPSA) is 35.5 Å². The monoisotopic (exact) mass is 350 g/mol. The highest BCUT2D eigenvalue weighted by molar-refractivity contribution is 5.78. The van der Waals surface area contributed by atoms with Crippen molar-refractivity contribution in [1.82, 2.24) is 0 Å². The van der Waals surface area contributed by atoms with E-state index >= 15 is 0 Å². The lowest BCUT2D eigenvalue weighted by molar-refractivity contribution is -0.147. The fourth-order valence-electron chi connectivity index (χ4n) is 3.37. The molecule has 136 valence electrons. The van der Waals surface area contributed by atoms with Crippen molar-refractivity contribution in [3.63, 3.8) is 0 Å². The maximum Gasteiger partial charge on any atom is 0.310 e. The summed E-state index contributed by atoms with van der Waals surface area (Å²) in [6.07, 6.45) is 2.18. The molecule has 3 rings (SSSR count). The summed E-state index contributed by atoms with van der Waals surface area (Å²) < 4.78 is 11.4. The van der Waals surface area contributed by atoms with E-state index in [1.165, 1.54) is 5.57 Å². The molecule has 1 unspecified atom stereocenters. The lowest BCUT2D eigenvalue weighted by Gasteiger charge is -2.09. The van der Waals surface area contributed by atoms with Crippen molar-refractivity contribution in [2.45, 2.75) is 34.3 Å². The average Bonchev–Trinajstić information content (AvgIpc) is 3.13. The maximum atomic E-state index is 12.5. The summed E-state index contributed by atoms with van der Waals surface area (Å²) in [6.45, 7) is 8.64. The van der Waals surface area contributed by atoms with E-state index in [1.807, 2.05) is 54.6 Å². The van der Waals surface area contributed by atoms with Gasteiger partial charge in [-0.25, -0.2) is 0 Å². The van der Waals surface area contributed by atoms with Crippen LogP contribution in [-0.2, 0) is 16.1 Å².